The van der Waals surface area contributed by atoms with E-state index >= 15 is 0 Å². The highest BCUT2D eigenvalue weighted by molar-refractivity contribution is 14.1. The van der Waals surface area contributed by atoms with Crippen molar-refractivity contribution in [3.8, 4) is 23.0 Å². The van der Waals surface area contributed by atoms with Crippen LogP contribution < -0.4 is 18.9 Å². The third kappa shape index (κ3) is 6.48. The minimum absolute atomic E-state index is 0.0947. The quantitative estimate of drug-likeness (QED) is 0.114. The molecule has 1 aliphatic heterocycles. The molecule has 10 heteroatoms. The summed E-state index contributed by atoms with van der Waals surface area (Å²) in [6.45, 7) is 2.38. The van der Waals surface area contributed by atoms with Crippen molar-refractivity contribution in [3.63, 3.8) is 0 Å². The second kappa shape index (κ2) is 12.8. The van der Waals surface area contributed by atoms with Crippen molar-refractivity contribution in [1.29, 1.82) is 0 Å². The Kier molecular flexibility index (Phi) is 9.29. The zero-order valence-corrected chi connectivity index (χ0v) is 23.6. The van der Waals surface area contributed by atoms with Crippen LogP contribution in [0.3, 0.4) is 0 Å². The minimum atomic E-state index is -0.500. The topological polar surface area (TPSA) is 91.4 Å². The number of carbonyl (C=O) groups excluding carboxylic acids is 3. The number of thioether (sulfide) groups is 1. The lowest BCUT2D eigenvalue weighted by Gasteiger charge is -2.14. The SMILES string of the molecule is CCOc1cc(/C=C2\SC(=O)N(CCOc3ccccc3OC)C2=O)ccc1OC(=O)c1ccccc1I. The summed E-state index contributed by atoms with van der Waals surface area (Å²) in [5, 5.41) is -0.377. The third-order valence-corrected chi connectivity index (χ3v) is 7.22. The van der Waals surface area contributed by atoms with Gasteiger partial charge in [-0.25, -0.2) is 4.79 Å². The van der Waals surface area contributed by atoms with E-state index < -0.39 is 11.9 Å². The van der Waals surface area contributed by atoms with Crippen molar-refractivity contribution >= 4 is 57.5 Å². The van der Waals surface area contributed by atoms with Gasteiger partial charge in [0, 0.05) is 3.57 Å². The van der Waals surface area contributed by atoms with Crippen LogP contribution in [0.5, 0.6) is 23.0 Å². The molecule has 0 N–H and O–H groups in total. The summed E-state index contributed by atoms with van der Waals surface area (Å²) in [4.78, 5) is 39.6. The summed E-state index contributed by atoms with van der Waals surface area (Å²) in [7, 11) is 1.54. The Balaban J connectivity index is 1.45. The molecule has 0 atom stereocenters. The highest BCUT2D eigenvalue weighted by atomic mass is 127. The van der Waals surface area contributed by atoms with E-state index in [1.165, 1.54) is 0 Å². The number of para-hydroxylation sites is 2. The summed E-state index contributed by atoms with van der Waals surface area (Å²) >= 11 is 2.93. The molecular formula is C28H24INO7S. The van der Waals surface area contributed by atoms with Crippen LogP contribution in [-0.2, 0) is 4.79 Å². The molecule has 3 aromatic carbocycles. The summed E-state index contributed by atoms with van der Waals surface area (Å²) < 4.78 is 23.0. The number of esters is 1. The highest BCUT2D eigenvalue weighted by Gasteiger charge is 2.35. The van der Waals surface area contributed by atoms with Crippen molar-refractivity contribution < 1.29 is 33.3 Å². The minimum Gasteiger partial charge on any atom is -0.493 e. The number of carbonyl (C=O) groups is 3. The standard InChI is InChI=1S/C28H24INO7S/c1-3-35-24-16-18(12-13-23(24)37-27(32)19-8-4-5-9-20(19)29)17-25-26(31)30(28(33)38-25)14-15-36-22-11-7-6-10-21(22)34-2/h4-13,16-17H,3,14-15H2,1-2H3/b25-17-. The third-order valence-electron chi connectivity index (χ3n) is 5.38. The van der Waals surface area contributed by atoms with E-state index in [0.29, 0.717) is 35.0 Å². The van der Waals surface area contributed by atoms with E-state index in [-0.39, 0.29) is 29.0 Å². The average Bonchev–Trinajstić information content (AvgIpc) is 3.18. The Bertz CT molecular complexity index is 1390. The zero-order chi connectivity index (χ0) is 27.1. The molecule has 1 saturated heterocycles. The second-order valence-corrected chi connectivity index (χ2v) is 10.00. The van der Waals surface area contributed by atoms with Crippen molar-refractivity contribution in [2.75, 3.05) is 26.9 Å². The van der Waals surface area contributed by atoms with Gasteiger partial charge in [-0.05, 0) is 89.3 Å². The molecular weight excluding hydrogens is 621 g/mol. The van der Waals surface area contributed by atoms with Crippen LogP contribution in [0.1, 0.15) is 22.8 Å². The van der Waals surface area contributed by atoms with Gasteiger partial charge in [-0.3, -0.25) is 14.5 Å². The van der Waals surface area contributed by atoms with Gasteiger partial charge in [-0.15, -0.1) is 0 Å². The molecule has 0 bridgehead atoms. The fourth-order valence-electron chi connectivity index (χ4n) is 3.58. The molecule has 0 spiro atoms. The van der Waals surface area contributed by atoms with Crippen LogP contribution in [-0.4, -0.2) is 48.9 Å². The van der Waals surface area contributed by atoms with Gasteiger partial charge in [-0.1, -0.05) is 30.3 Å². The molecule has 8 nitrogen and oxygen atoms in total. The Labute approximate surface area is 238 Å². The van der Waals surface area contributed by atoms with E-state index in [0.717, 1.165) is 20.2 Å². The average molecular weight is 645 g/mol. The lowest BCUT2D eigenvalue weighted by atomic mass is 10.1. The summed E-state index contributed by atoms with van der Waals surface area (Å²) in [5.74, 6) is 0.805. The van der Waals surface area contributed by atoms with Gasteiger partial charge in [-0.2, -0.15) is 0 Å². The number of halogens is 1. The van der Waals surface area contributed by atoms with Crippen LogP contribution in [0.15, 0.2) is 71.6 Å². The molecule has 0 aromatic heterocycles. The Hall–Kier alpha value is -3.51. The molecule has 38 heavy (non-hydrogen) atoms. The lowest BCUT2D eigenvalue weighted by Crippen LogP contribution is -2.32. The zero-order valence-electron chi connectivity index (χ0n) is 20.6. The first-order valence-electron chi connectivity index (χ1n) is 11.7. The van der Waals surface area contributed by atoms with E-state index in [1.807, 2.05) is 31.2 Å². The number of amides is 2. The van der Waals surface area contributed by atoms with Crippen LogP contribution in [0, 0.1) is 3.57 Å². The second-order valence-electron chi connectivity index (χ2n) is 7.84. The number of benzene rings is 3. The van der Waals surface area contributed by atoms with Crippen molar-refractivity contribution in [2.45, 2.75) is 6.92 Å². The van der Waals surface area contributed by atoms with Crippen molar-refractivity contribution in [3.05, 3.63) is 86.3 Å². The highest BCUT2D eigenvalue weighted by Crippen LogP contribution is 2.35. The van der Waals surface area contributed by atoms with Gasteiger partial charge in [0.05, 0.1) is 30.7 Å². The Morgan fingerprint density at radius 2 is 1.68 bits per heavy atom. The first-order valence-corrected chi connectivity index (χ1v) is 13.6. The van der Waals surface area contributed by atoms with Gasteiger partial charge in [0.2, 0.25) is 0 Å². The van der Waals surface area contributed by atoms with Crippen LogP contribution in [0.25, 0.3) is 6.08 Å². The largest absolute Gasteiger partial charge is 0.493 e. The lowest BCUT2D eigenvalue weighted by molar-refractivity contribution is -0.123. The van der Waals surface area contributed by atoms with Gasteiger partial charge >= 0.3 is 5.97 Å². The summed E-state index contributed by atoms with van der Waals surface area (Å²) in [6.07, 6.45) is 1.61. The monoisotopic (exact) mass is 645 g/mol. The predicted molar refractivity (Wildman–Crippen MR) is 153 cm³/mol. The normalized spacial score (nSPS) is 14.1. The fourth-order valence-corrected chi connectivity index (χ4v) is 5.05. The van der Waals surface area contributed by atoms with E-state index in [9.17, 15) is 14.4 Å². The fraction of sp³-hybridized carbons (Fsp3) is 0.179. The molecule has 4 rings (SSSR count). The van der Waals surface area contributed by atoms with Crippen molar-refractivity contribution in [2.24, 2.45) is 0 Å². The molecule has 1 heterocycles. The molecule has 1 aliphatic rings. The number of hydrogen-bond acceptors (Lipinski definition) is 8. The number of ether oxygens (including phenoxy) is 4. The number of nitrogens with zero attached hydrogens (tertiary/aromatic N) is 1. The van der Waals surface area contributed by atoms with Gasteiger partial charge in [0.15, 0.2) is 23.0 Å². The summed E-state index contributed by atoms with van der Waals surface area (Å²) in [5.41, 5.74) is 1.07. The van der Waals surface area contributed by atoms with E-state index in [2.05, 4.69) is 22.6 Å². The van der Waals surface area contributed by atoms with Crippen LogP contribution in [0.4, 0.5) is 4.79 Å². The van der Waals surface area contributed by atoms with Crippen molar-refractivity contribution in [1.82, 2.24) is 4.90 Å². The summed E-state index contributed by atoms with van der Waals surface area (Å²) in [6, 6.07) is 19.2. The van der Waals surface area contributed by atoms with Gasteiger partial charge in [0.1, 0.15) is 6.61 Å². The maximum atomic E-state index is 12.9. The number of hydrogen-bond donors (Lipinski definition) is 0. The van der Waals surface area contributed by atoms with E-state index in [1.54, 1.807) is 55.7 Å². The maximum absolute atomic E-state index is 12.9. The molecule has 0 aliphatic carbocycles. The number of rotatable bonds is 10. The predicted octanol–water partition coefficient (Wildman–Crippen LogP) is 6.03. The molecule has 196 valence electrons. The number of methoxy groups -OCH3 is 1. The Morgan fingerprint density at radius 1 is 0.947 bits per heavy atom. The maximum Gasteiger partial charge on any atom is 0.344 e. The molecule has 1 fully saturated rings. The van der Waals surface area contributed by atoms with Crippen LogP contribution in [0.2, 0.25) is 0 Å². The van der Waals surface area contributed by atoms with E-state index in [4.69, 9.17) is 18.9 Å². The molecule has 2 amide bonds. The van der Waals surface area contributed by atoms with Crippen LogP contribution >= 0.6 is 34.4 Å². The smallest absolute Gasteiger partial charge is 0.344 e. The van der Waals surface area contributed by atoms with Gasteiger partial charge < -0.3 is 18.9 Å². The molecule has 0 saturated carbocycles. The first-order chi connectivity index (χ1) is 18.4. The molecule has 0 unspecified atom stereocenters. The Morgan fingerprint density at radius 3 is 2.42 bits per heavy atom. The number of imide groups is 1. The molecule has 3 aromatic rings. The molecule has 0 radical (unpaired) electrons. The van der Waals surface area contributed by atoms with Gasteiger partial charge in [0.25, 0.3) is 11.1 Å². The first kappa shape index (κ1) is 27.5.